The summed E-state index contributed by atoms with van der Waals surface area (Å²) in [5.41, 5.74) is 5.69. The van der Waals surface area contributed by atoms with Crippen molar-refractivity contribution in [3.63, 3.8) is 0 Å². The summed E-state index contributed by atoms with van der Waals surface area (Å²) in [5, 5.41) is 3.38. The van der Waals surface area contributed by atoms with Gasteiger partial charge in [0.15, 0.2) is 0 Å². The van der Waals surface area contributed by atoms with Gasteiger partial charge in [-0.15, -0.1) is 0 Å². The Morgan fingerprint density at radius 2 is 2.33 bits per heavy atom. The van der Waals surface area contributed by atoms with Gasteiger partial charge in [-0.1, -0.05) is 6.92 Å². The smallest absolute Gasteiger partial charge is 0.0162 e. The highest BCUT2D eigenvalue weighted by Gasteiger charge is 2.20. The van der Waals surface area contributed by atoms with Gasteiger partial charge >= 0.3 is 0 Å². The molecule has 0 aromatic heterocycles. The van der Waals surface area contributed by atoms with Crippen molar-refractivity contribution >= 4 is 0 Å². The molecule has 0 bridgehead atoms. The molecule has 1 atom stereocenters. The largest absolute Gasteiger partial charge is 0.327 e. The van der Waals surface area contributed by atoms with E-state index in [9.17, 15) is 0 Å². The van der Waals surface area contributed by atoms with Crippen LogP contribution in [0, 0.1) is 0 Å². The zero-order chi connectivity index (χ0) is 6.69. The van der Waals surface area contributed by atoms with Gasteiger partial charge in [-0.25, -0.2) is 0 Å². The molecule has 0 aromatic carbocycles. The maximum atomic E-state index is 5.69. The molecule has 0 unspecified atom stereocenters. The van der Waals surface area contributed by atoms with Gasteiger partial charge in [0.05, 0.1) is 0 Å². The second kappa shape index (κ2) is 3.18. The molecule has 1 saturated carbocycles. The van der Waals surface area contributed by atoms with Crippen LogP contribution in [0.25, 0.3) is 0 Å². The van der Waals surface area contributed by atoms with E-state index in [4.69, 9.17) is 5.73 Å². The molecule has 9 heavy (non-hydrogen) atoms. The minimum Gasteiger partial charge on any atom is -0.327 e. The van der Waals surface area contributed by atoms with E-state index in [1.54, 1.807) is 0 Å². The number of hydrogen-bond donors (Lipinski definition) is 2. The van der Waals surface area contributed by atoms with E-state index in [1.807, 2.05) is 0 Å². The molecule has 1 aliphatic rings. The minimum atomic E-state index is 0.366. The van der Waals surface area contributed by atoms with Crippen molar-refractivity contribution in [2.24, 2.45) is 5.73 Å². The first-order valence-electron chi connectivity index (χ1n) is 3.82. The fourth-order valence-electron chi connectivity index (χ4n) is 0.750. The molecule has 0 aromatic rings. The third kappa shape index (κ3) is 2.82. The van der Waals surface area contributed by atoms with E-state index in [-0.39, 0.29) is 0 Å². The number of nitrogens with one attached hydrogen (secondary N) is 1. The quantitative estimate of drug-likeness (QED) is 0.578. The van der Waals surface area contributed by atoms with Crippen molar-refractivity contribution in [2.45, 2.75) is 38.3 Å². The first-order valence-corrected chi connectivity index (χ1v) is 3.82. The first-order chi connectivity index (χ1) is 4.33. The van der Waals surface area contributed by atoms with Gasteiger partial charge in [-0.05, 0) is 19.3 Å². The molecule has 2 nitrogen and oxygen atoms in total. The van der Waals surface area contributed by atoms with Crippen molar-refractivity contribution in [3.05, 3.63) is 0 Å². The molecule has 54 valence electrons. The zero-order valence-electron chi connectivity index (χ0n) is 6.06. The lowest BCUT2D eigenvalue weighted by atomic mass is 10.2. The highest BCUT2D eigenvalue weighted by Crippen LogP contribution is 2.18. The van der Waals surface area contributed by atoms with Gasteiger partial charge in [-0.2, -0.15) is 0 Å². The van der Waals surface area contributed by atoms with Crippen molar-refractivity contribution < 1.29 is 0 Å². The molecule has 1 rings (SSSR count). The molecule has 3 N–H and O–H groups in total. The van der Waals surface area contributed by atoms with Crippen LogP contribution in [0.4, 0.5) is 0 Å². The predicted octanol–water partition coefficient (Wildman–Crippen LogP) is 0.476. The van der Waals surface area contributed by atoms with E-state index in [0.29, 0.717) is 6.04 Å². The zero-order valence-corrected chi connectivity index (χ0v) is 6.06. The van der Waals surface area contributed by atoms with Crippen LogP contribution in [0.5, 0.6) is 0 Å². The molecular formula is C7H16N2. The van der Waals surface area contributed by atoms with Crippen LogP contribution in [0.3, 0.4) is 0 Å². The maximum Gasteiger partial charge on any atom is 0.0162 e. The normalized spacial score (nSPS) is 22.0. The lowest BCUT2D eigenvalue weighted by Crippen LogP contribution is -2.34. The van der Waals surface area contributed by atoms with Gasteiger partial charge in [0, 0.05) is 18.6 Å². The van der Waals surface area contributed by atoms with Crippen molar-refractivity contribution in [3.8, 4) is 0 Å². The van der Waals surface area contributed by atoms with Crippen LogP contribution < -0.4 is 11.1 Å². The summed E-state index contributed by atoms with van der Waals surface area (Å²) in [5.74, 6) is 0. The van der Waals surface area contributed by atoms with E-state index in [1.165, 1.54) is 12.8 Å². The lowest BCUT2D eigenvalue weighted by molar-refractivity contribution is 0.561. The summed E-state index contributed by atoms with van der Waals surface area (Å²) in [4.78, 5) is 0. The molecule has 1 aliphatic carbocycles. The van der Waals surface area contributed by atoms with E-state index >= 15 is 0 Å². The van der Waals surface area contributed by atoms with Gasteiger partial charge < -0.3 is 11.1 Å². The molecule has 0 amide bonds. The minimum absolute atomic E-state index is 0.366. The third-order valence-corrected chi connectivity index (χ3v) is 1.77. The van der Waals surface area contributed by atoms with Crippen molar-refractivity contribution in [1.82, 2.24) is 5.32 Å². The number of nitrogens with two attached hydrogens (primary N) is 1. The predicted molar refractivity (Wildman–Crippen MR) is 39.3 cm³/mol. The van der Waals surface area contributed by atoms with Crippen LogP contribution in [0.2, 0.25) is 0 Å². The second-order valence-corrected chi connectivity index (χ2v) is 2.85. The Labute approximate surface area is 56.8 Å². The Hall–Kier alpha value is -0.0800. The summed E-state index contributed by atoms with van der Waals surface area (Å²) in [6, 6.07) is 1.17. The highest BCUT2D eigenvalue weighted by molar-refractivity contribution is 4.82. The maximum absolute atomic E-state index is 5.69. The fraction of sp³-hybridized carbons (Fsp3) is 1.00. The Morgan fingerprint density at radius 3 is 2.78 bits per heavy atom. The molecule has 0 saturated heterocycles. The summed E-state index contributed by atoms with van der Waals surface area (Å²) in [6.07, 6.45) is 3.80. The summed E-state index contributed by atoms with van der Waals surface area (Å²) < 4.78 is 0. The highest BCUT2D eigenvalue weighted by atomic mass is 15.0. The molecule has 0 radical (unpaired) electrons. The van der Waals surface area contributed by atoms with E-state index in [0.717, 1.165) is 19.0 Å². The average Bonchev–Trinajstić information content (AvgIpc) is 2.65. The number of hydrogen-bond acceptors (Lipinski definition) is 2. The standard InChI is InChI=1S/C7H16N2/c1-2-6(8)5-9-7-3-4-7/h6-7,9H,2-5,8H2,1H3/t6-/m0/s1. The topological polar surface area (TPSA) is 38.0 Å². The monoisotopic (exact) mass is 128 g/mol. The van der Waals surface area contributed by atoms with Crippen molar-refractivity contribution in [1.29, 1.82) is 0 Å². The van der Waals surface area contributed by atoms with Gasteiger partial charge in [0.25, 0.3) is 0 Å². The summed E-state index contributed by atoms with van der Waals surface area (Å²) >= 11 is 0. The SMILES string of the molecule is CC[C@H](N)CNC1CC1. The van der Waals surface area contributed by atoms with Crippen LogP contribution in [-0.2, 0) is 0 Å². The van der Waals surface area contributed by atoms with E-state index in [2.05, 4.69) is 12.2 Å². The van der Waals surface area contributed by atoms with Crippen LogP contribution in [0.1, 0.15) is 26.2 Å². The summed E-state index contributed by atoms with van der Waals surface area (Å²) in [7, 11) is 0. The molecule has 0 heterocycles. The molecule has 0 spiro atoms. The Morgan fingerprint density at radius 1 is 1.67 bits per heavy atom. The molecule has 0 aliphatic heterocycles. The Bertz CT molecular complexity index is 79.0. The fourth-order valence-corrected chi connectivity index (χ4v) is 0.750. The second-order valence-electron chi connectivity index (χ2n) is 2.85. The van der Waals surface area contributed by atoms with Gasteiger partial charge in [-0.3, -0.25) is 0 Å². The van der Waals surface area contributed by atoms with E-state index < -0.39 is 0 Å². The third-order valence-electron chi connectivity index (χ3n) is 1.77. The summed E-state index contributed by atoms with van der Waals surface area (Å²) in [6.45, 7) is 3.13. The Balaban J connectivity index is 1.90. The van der Waals surface area contributed by atoms with Gasteiger partial charge in [0.2, 0.25) is 0 Å². The molecule has 2 heteroatoms. The lowest BCUT2D eigenvalue weighted by Gasteiger charge is -2.08. The Kier molecular flexibility index (Phi) is 2.49. The van der Waals surface area contributed by atoms with Crippen molar-refractivity contribution in [2.75, 3.05) is 6.54 Å². The van der Waals surface area contributed by atoms with Crippen LogP contribution >= 0.6 is 0 Å². The molecule has 1 fully saturated rings. The molecular weight excluding hydrogens is 112 g/mol. The first kappa shape index (κ1) is 7.03. The average molecular weight is 128 g/mol. The van der Waals surface area contributed by atoms with Gasteiger partial charge in [0.1, 0.15) is 0 Å². The number of rotatable bonds is 4. The van der Waals surface area contributed by atoms with Crippen LogP contribution in [-0.4, -0.2) is 18.6 Å². The van der Waals surface area contributed by atoms with Crippen LogP contribution in [0.15, 0.2) is 0 Å².